The van der Waals surface area contributed by atoms with E-state index >= 15 is 0 Å². The highest BCUT2D eigenvalue weighted by Gasteiger charge is 2.24. The monoisotopic (exact) mass is 526 g/mol. The lowest BCUT2D eigenvalue weighted by atomic mass is 9.93. The molecule has 5 rings (SSSR count). The van der Waals surface area contributed by atoms with E-state index in [1.807, 2.05) is 42.6 Å². The van der Waals surface area contributed by atoms with Crippen LogP contribution in [0.5, 0.6) is 5.75 Å². The van der Waals surface area contributed by atoms with Crippen LogP contribution in [0.2, 0.25) is 5.02 Å². The minimum atomic E-state index is -1.02. The number of nitrogens with one attached hydrogen (secondary N) is 1. The first-order chi connectivity index (χ1) is 17.1. The van der Waals surface area contributed by atoms with Crippen molar-refractivity contribution < 1.29 is 14.9 Å². The van der Waals surface area contributed by atoms with Crippen LogP contribution in [0.25, 0.3) is 0 Å². The molecule has 0 saturated carbocycles. The van der Waals surface area contributed by atoms with E-state index in [1.165, 1.54) is 23.1 Å². The van der Waals surface area contributed by atoms with Gasteiger partial charge < -0.3 is 20.3 Å². The average molecular weight is 527 g/mol. The number of ether oxygens (including phenoxy) is 1. The van der Waals surface area contributed by atoms with Gasteiger partial charge in [0.15, 0.2) is 16.7 Å². The third-order valence-corrected chi connectivity index (χ3v) is 7.83. The molecule has 2 unspecified atom stereocenters. The molecule has 0 saturated heterocycles. The van der Waals surface area contributed by atoms with Crippen molar-refractivity contribution in [1.29, 1.82) is 0 Å². The number of aromatic nitrogens is 3. The zero-order chi connectivity index (χ0) is 24.2. The Bertz CT molecular complexity index is 1320. The Morgan fingerprint density at radius 1 is 1.23 bits per heavy atom. The van der Waals surface area contributed by atoms with Crippen molar-refractivity contribution in [3.63, 3.8) is 0 Å². The molecule has 35 heavy (non-hydrogen) atoms. The van der Waals surface area contributed by atoms with Gasteiger partial charge in [-0.3, -0.25) is 4.98 Å². The molecule has 0 aliphatic heterocycles. The van der Waals surface area contributed by atoms with Gasteiger partial charge in [0.1, 0.15) is 12.2 Å². The van der Waals surface area contributed by atoms with Gasteiger partial charge in [-0.05, 0) is 43.5 Å². The zero-order valence-electron chi connectivity index (χ0n) is 18.6. The van der Waals surface area contributed by atoms with E-state index in [-0.39, 0.29) is 6.10 Å². The van der Waals surface area contributed by atoms with Crippen LogP contribution >= 0.6 is 34.7 Å². The molecule has 10 heteroatoms. The number of hydrogen-bond acceptors (Lipinski definition) is 9. The van der Waals surface area contributed by atoms with Gasteiger partial charge in [-0.2, -0.15) is 0 Å². The zero-order valence-corrected chi connectivity index (χ0v) is 21.0. The summed E-state index contributed by atoms with van der Waals surface area (Å²) in [4.78, 5) is 15.3. The lowest BCUT2D eigenvalue weighted by molar-refractivity contribution is 0.0928. The maximum absolute atomic E-state index is 9.88. The average Bonchev–Trinajstić information content (AvgIpc) is 3.35. The second kappa shape index (κ2) is 10.9. The SMILES string of the molecule is OCC(O)c1csc(Nc2ncc(Sc3ccccc3Cl)cc2OC2CCCc3ncccc32)n1. The molecule has 0 fully saturated rings. The van der Waals surface area contributed by atoms with E-state index in [0.717, 1.165) is 40.3 Å². The van der Waals surface area contributed by atoms with Gasteiger partial charge in [0.25, 0.3) is 0 Å². The Hall–Kier alpha value is -2.69. The molecule has 0 spiro atoms. The number of hydrogen-bond donors (Lipinski definition) is 3. The number of halogens is 1. The normalized spacial score (nSPS) is 15.9. The van der Waals surface area contributed by atoms with E-state index in [4.69, 9.17) is 16.3 Å². The third-order valence-electron chi connectivity index (χ3n) is 5.58. The number of aliphatic hydroxyl groups excluding tert-OH is 2. The molecule has 180 valence electrons. The van der Waals surface area contributed by atoms with Crippen LogP contribution in [-0.4, -0.2) is 31.8 Å². The first-order valence-corrected chi connectivity index (χ1v) is 13.2. The molecule has 4 aromatic rings. The molecule has 0 radical (unpaired) electrons. The maximum Gasteiger partial charge on any atom is 0.188 e. The summed E-state index contributed by atoms with van der Waals surface area (Å²) >= 11 is 9.20. The molecule has 0 amide bonds. The molecule has 3 N–H and O–H groups in total. The highest BCUT2D eigenvalue weighted by Crippen LogP contribution is 2.40. The summed E-state index contributed by atoms with van der Waals surface area (Å²) < 4.78 is 6.55. The second-order valence-corrected chi connectivity index (χ2v) is 10.4. The second-order valence-electron chi connectivity index (χ2n) is 7.99. The van der Waals surface area contributed by atoms with E-state index in [0.29, 0.717) is 27.4 Å². The molecule has 1 aliphatic rings. The molecule has 0 bridgehead atoms. The van der Waals surface area contributed by atoms with Gasteiger partial charge in [0.2, 0.25) is 0 Å². The summed E-state index contributed by atoms with van der Waals surface area (Å²) in [6.45, 7) is -0.390. The Kier molecular flexibility index (Phi) is 7.50. The molecular formula is C25H23ClN4O3S2. The van der Waals surface area contributed by atoms with Crippen LogP contribution in [0.1, 0.15) is 42.0 Å². The number of aliphatic hydroxyl groups is 2. The standard InChI is InChI=1S/C25H23ClN4O3S2/c26-17-6-1-2-9-23(17)35-15-11-22(33-21-8-3-7-18-16(21)5-4-10-27-18)24(28-12-15)30-25-29-19(14-34-25)20(32)13-31/h1-2,4-6,9-12,14,20-21,31-32H,3,7-8,13H2,(H,28,29,30). The third kappa shape index (κ3) is 5.60. The fourth-order valence-electron chi connectivity index (χ4n) is 3.85. The van der Waals surface area contributed by atoms with E-state index in [1.54, 1.807) is 11.6 Å². The van der Waals surface area contributed by atoms with Crippen LogP contribution in [0.4, 0.5) is 10.9 Å². The number of pyridine rings is 2. The Morgan fingerprint density at radius 3 is 2.97 bits per heavy atom. The molecule has 1 aliphatic carbocycles. The number of fused-ring (bicyclic) bond motifs is 1. The van der Waals surface area contributed by atoms with E-state index in [9.17, 15) is 10.2 Å². The number of aryl methyl sites for hydroxylation is 1. The van der Waals surface area contributed by atoms with Gasteiger partial charge in [-0.15, -0.1) is 11.3 Å². The number of rotatable bonds is 8. The summed E-state index contributed by atoms with van der Waals surface area (Å²) in [7, 11) is 0. The number of nitrogens with zero attached hydrogens (tertiary/aromatic N) is 3. The first kappa shape index (κ1) is 24.0. The van der Waals surface area contributed by atoms with Gasteiger partial charge in [-0.1, -0.05) is 41.6 Å². The summed E-state index contributed by atoms with van der Waals surface area (Å²) in [5.74, 6) is 1.10. The molecular weight excluding hydrogens is 504 g/mol. The van der Waals surface area contributed by atoms with Crippen LogP contribution in [0.3, 0.4) is 0 Å². The van der Waals surface area contributed by atoms with Crippen molar-refractivity contribution in [3.05, 3.63) is 82.2 Å². The largest absolute Gasteiger partial charge is 0.482 e. The van der Waals surface area contributed by atoms with Crippen molar-refractivity contribution in [3.8, 4) is 5.75 Å². The molecule has 3 aromatic heterocycles. The summed E-state index contributed by atoms with van der Waals surface area (Å²) in [5, 5.41) is 25.2. The van der Waals surface area contributed by atoms with E-state index in [2.05, 4.69) is 26.3 Å². The number of anilines is 2. The lowest BCUT2D eigenvalue weighted by Crippen LogP contribution is -2.17. The fraction of sp³-hybridized carbons (Fsp3) is 0.240. The van der Waals surface area contributed by atoms with Crippen molar-refractivity contribution in [2.75, 3.05) is 11.9 Å². The van der Waals surface area contributed by atoms with Gasteiger partial charge in [0.05, 0.1) is 17.3 Å². The maximum atomic E-state index is 9.88. The van der Waals surface area contributed by atoms with Gasteiger partial charge in [-0.25, -0.2) is 9.97 Å². The van der Waals surface area contributed by atoms with Crippen molar-refractivity contribution in [2.45, 2.75) is 41.3 Å². The summed E-state index contributed by atoms with van der Waals surface area (Å²) in [5.41, 5.74) is 2.56. The van der Waals surface area contributed by atoms with Crippen LogP contribution in [0.15, 0.2) is 70.0 Å². The topological polar surface area (TPSA) is 100 Å². The van der Waals surface area contributed by atoms with Gasteiger partial charge in [0, 0.05) is 38.8 Å². The highest BCUT2D eigenvalue weighted by molar-refractivity contribution is 7.99. The highest BCUT2D eigenvalue weighted by atomic mass is 35.5. The quantitative estimate of drug-likeness (QED) is 0.258. The smallest absolute Gasteiger partial charge is 0.188 e. The molecule has 3 heterocycles. The van der Waals surface area contributed by atoms with E-state index < -0.39 is 12.7 Å². The minimum absolute atomic E-state index is 0.140. The van der Waals surface area contributed by atoms with Crippen LogP contribution < -0.4 is 10.1 Å². The molecule has 2 atom stereocenters. The Balaban J connectivity index is 1.46. The summed E-state index contributed by atoms with van der Waals surface area (Å²) in [6, 6.07) is 13.6. The minimum Gasteiger partial charge on any atom is -0.482 e. The summed E-state index contributed by atoms with van der Waals surface area (Å²) in [6.07, 6.45) is 5.23. The predicted molar refractivity (Wildman–Crippen MR) is 138 cm³/mol. The Morgan fingerprint density at radius 2 is 2.11 bits per heavy atom. The van der Waals surface area contributed by atoms with Crippen molar-refractivity contribution in [2.24, 2.45) is 0 Å². The predicted octanol–water partition coefficient (Wildman–Crippen LogP) is 5.96. The van der Waals surface area contributed by atoms with Gasteiger partial charge >= 0.3 is 0 Å². The number of benzene rings is 1. The van der Waals surface area contributed by atoms with Crippen LogP contribution in [0, 0.1) is 0 Å². The van der Waals surface area contributed by atoms with Crippen molar-refractivity contribution in [1.82, 2.24) is 15.0 Å². The Labute approximate surface area is 216 Å². The lowest BCUT2D eigenvalue weighted by Gasteiger charge is -2.26. The van der Waals surface area contributed by atoms with Crippen molar-refractivity contribution >= 4 is 45.6 Å². The fourth-order valence-corrected chi connectivity index (χ4v) is 5.70. The molecule has 1 aromatic carbocycles. The van der Waals surface area contributed by atoms with Crippen LogP contribution in [-0.2, 0) is 6.42 Å². The molecule has 7 nitrogen and oxygen atoms in total. The number of thiazole rings is 1. The first-order valence-electron chi connectivity index (χ1n) is 11.1.